The van der Waals surface area contributed by atoms with E-state index in [0.29, 0.717) is 25.2 Å². The number of halogens is 1. The van der Waals surface area contributed by atoms with Crippen molar-refractivity contribution in [3.05, 3.63) is 0 Å². The van der Waals surface area contributed by atoms with Gasteiger partial charge in [-0.15, -0.1) is 0 Å². The topological polar surface area (TPSA) is 26.3 Å². The van der Waals surface area contributed by atoms with E-state index in [1.165, 1.54) is 12.8 Å². The van der Waals surface area contributed by atoms with Crippen LogP contribution in [0.1, 0.15) is 58.3 Å². The highest BCUT2D eigenvalue weighted by Gasteiger charge is 2.27. The van der Waals surface area contributed by atoms with Crippen LogP contribution in [0.5, 0.6) is 0 Å². The number of alkyl halides is 1. The summed E-state index contributed by atoms with van der Waals surface area (Å²) in [4.78, 5) is 11.7. The van der Waals surface area contributed by atoms with E-state index in [4.69, 9.17) is 4.74 Å². The van der Waals surface area contributed by atoms with Crippen molar-refractivity contribution >= 4 is 5.78 Å². The Kier molecular flexibility index (Phi) is 7.41. The van der Waals surface area contributed by atoms with Crippen molar-refractivity contribution in [2.45, 2.75) is 64.4 Å². The van der Waals surface area contributed by atoms with Gasteiger partial charge in [0.2, 0.25) is 0 Å². The minimum absolute atomic E-state index is 0.208. The highest BCUT2D eigenvalue weighted by Crippen LogP contribution is 2.30. The van der Waals surface area contributed by atoms with Gasteiger partial charge in [-0.25, -0.2) is 0 Å². The molecule has 0 saturated heterocycles. The van der Waals surface area contributed by atoms with Crippen LogP contribution < -0.4 is 0 Å². The minimum atomic E-state index is -0.383. The largest absolute Gasteiger partial charge is 0.378 e. The number of carbonyl (C=O) groups excluding carboxylic acids is 1. The molecular weight excluding hydrogens is 219 g/mol. The van der Waals surface area contributed by atoms with Crippen LogP contribution in [0, 0.1) is 5.92 Å². The molecule has 1 aliphatic carbocycles. The number of carbonyl (C=O) groups is 1. The summed E-state index contributed by atoms with van der Waals surface area (Å²) in [6.45, 7) is 2.51. The summed E-state index contributed by atoms with van der Waals surface area (Å²) in [6.07, 6.45) is 7.25. The molecule has 0 spiro atoms. The third kappa shape index (κ3) is 5.62. The number of Topliss-reactive ketones (excluding diaryl/α,β-unsaturated/α-hetero) is 1. The molecule has 1 saturated carbocycles. The van der Waals surface area contributed by atoms with Crippen LogP contribution in [-0.2, 0) is 9.53 Å². The van der Waals surface area contributed by atoms with E-state index in [0.717, 1.165) is 25.9 Å². The van der Waals surface area contributed by atoms with Gasteiger partial charge in [-0.1, -0.05) is 19.8 Å². The molecule has 2 unspecified atom stereocenters. The molecule has 1 aliphatic rings. The standard InChI is InChI=1S/C14H25FO2/c1-2-10-17-14-8-4-3-6-12(14)11-13(16)7-5-9-15/h12,14H,2-11H2,1H3. The van der Waals surface area contributed by atoms with Crippen molar-refractivity contribution < 1.29 is 13.9 Å². The lowest BCUT2D eigenvalue weighted by atomic mass is 9.82. The van der Waals surface area contributed by atoms with Crippen molar-refractivity contribution in [2.24, 2.45) is 5.92 Å². The summed E-state index contributed by atoms with van der Waals surface area (Å²) < 4.78 is 17.8. The van der Waals surface area contributed by atoms with Crippen molar-refractivity contribution in [3.8, 4) is 0 Å². The van der Waals surface area contributed by atoms with Crippen LogP contribution in [0.3, 0.4) is 0 Å². The second kappa shape index (κ2) is 8.62. The first kappa shape index (κ1) is 14.6. The molecule has 0 aromatic rings. The van der Waals surface area contributed by atoms with Crippen LogP contribution in [-0.4, -0.2) is 25.2 Å². The molecule has 3 heteroatoms. The number of hydrogen-bond donors (Lipinski definition) is 0. The van der Waals surface area contributed by atoms with E-state index in [-0.39, 0.29) is 18.6 Å². The van der Waals surface area contributed by atoms with Gasteiger partial charge in [0.15, 0.2) is 0 Å². The van der Waals surface area contributed by atoms with Crippen molar-refractivity contribution in [3.63, 3.8) is 0 Å². The predicted molar refractivity (Wildman–Crippen MR) is 66.8 cm³/mol. The molecule has 2 atom stereocenters. The second-order valence-corrected chi connectivity index (χ2v) is 4.99. The molecular formula is C14H25FO2. The summed E-state index contributed by atoms with van der Waals surface area (Å²) in [5.74, 6) is 0.585. The summed E-state index contributed by atoms with van der Waals surface area (Å²) in [5.41, 5.74) is 0. The monoisotopic (exact) mass is 244 g/mol. The average molecular weight is 244 g/mol. The normalized spacial score (nSPS) is 24.8. The van der Waals surface area contributed by atoms with Crippen LogP contribution in [0.2, 0.25) is 0 Å². The first-order valence-electron chi connectivity index (χ1n) is 6.97. The molecule has 0 heterocycles. The maximum absolute atomic E-state index is 12.0. The maximum Gasteiger partial charge on any atom is 0.133 e. The van der Waals surface area contributed by atoms with E-state index in [9.17, 15) is 9.18 Å². The smallest absolute Gasteiger partial charge is 0.133 e. The molecule has 0 aromatic heterocycles. The van der Waals surface area contributed by atoms with Gasteiger partial charge in [-0.05, 0) is 31.6 Å². The summed E-state index contributed by atoms with van der Waals surface area (Å²) in [5, 5.41) is 0. The van der Waals surface area contributed by atoms with Crippen LogP contribution in [0.4, 0.5) is 4.39 Å². The van der Waals surface area contributed by atoms with Gasteiger partial charge >= 0.3 is 0 Å². The Bertz CT molecular complexity index is 218. The van der Waals surface area contributed by atoms with E-state index >= 15 is 0 Å². The molecule has 1 rings (SSSR count). The zero-order valence-electron chi connectivity index (χ0n) is 10.9. The Morgan fingerprint density at radius 2 is 2.12 bits per heavy atom. The van der Waals surface area contributed by atoms with Crippen molar-refractivity contribution in [1.82, 2.24) is 0 Å². The lowest BCUT2D eigenvalue weighted by Crippen LogP contribution is -2.30. The highest BCUT2D eigenvalue weighted by atomic mass is 19.1. The van der Waals surface area contributed by atoms with Gasteiger partial charge < -0.3 is 4.74 Å². The number of ether oxygens (including phenoxy) is 1. The van der Waals surface area contributed by atoms with Gasteiger partial charge in [0.05, 0.1) is 12.8 Å². The first-order valence-corrected chi connectivity index (χ1v) is 6.97. The van der Waals surface area contributed by atoms with Gasteiger partial charge in [-0.2, -0.15) is 0 Å². The molecule has 0 bridgehead atoms. The molecule has 0 amide bonds. The first-order chi connectivity index (χ1) is 8.27. The lowest BCUT2D eigenvalue weighted by Gasteiger charge is -2.31. The molecule has 0 radical (unpaired) electrons. The molecule has 100 valence electrons. The third-order valence-corrected chi connectivity index (χ3v) is 3.45. The van der Waals surface area contributed by atoms with Crippen molar-refractivity contribution in [2.75, 3.05) is 13.3 Å². The second-order valence-electron chi connectivity index (χ2n) is 4.99. The number of ketones is 1. The molecule has 1 fully saturated rings. The third-order valence-electron chi connectivity index (χ3n) is 3.45. The van der Waals surface area contributed by atoms with Crippen molar-refractivity contribution in [1.29, 1.82) is 0 Å². The lowest BCUT2D eigenvalue weighted by molar-refractivity contribution is -0.122. The zero-order chi connectivity index (χ0) is 12.5. The van der Waals surface area contributed by atoms with E-state index in [2.05, 4.69) is 6.92 Å². The molecule has 17 heavy (non-hydrogen) atoms. The van der Waals surface area contributed by atoms with Gasteiger partial charge in [0.25, 0.3) is 0 Å². The van der Waals surface area contributed by atoms with Crippen LogP contribution in [0.15, 0.2) is 0 Å². The molecule has 0 aliphatic heterocycles. The Balaban J connectivity index is 2.33. The van der Waals surface area contributed by atoms with Gasteiger partial charge in [-0.3, -0.25) is 9.18 Å². The van der Waals surface area contributed by atoms with E-state index in [1.807, 2.05) is 0 Å². The van der Waals surface area contributed by atoms with Gasteiger partial charge in [0, 0.05) is 19.4 Å². The minimum Gasteiger partial charge on any atom is -0.378 e. The Morgan fingerprint density at radius 1 is 1.35 bits per heavy atom. The number of rotatable bonds is 8. The van der Waals surface area contributed by atoms with Crippen LogP contribution in [0.25, 0.3) is 0 Å². The quantitative estimate of drug-likeness (QED) is 0.651. The Morgan fingerprint density at radius 3 is 2.82 bits per heavy atom. The molecule has 2 nitrogen and oxygen atoms in total. The summed E-state index contributed by atoms with van der Waals surface area (Å²) >= 11 is 0. The maximum atomic E-state index is 12.0. The van der Waals surface area contributed by atoms with E-state index in [1.54, 1.807) is 0 Å². The fourth-order valence-corrected chi connectivity index (χ4v) is 2.55. The summed E-state index contributed by atoms with van der Waals surface area (Å²) in [7, 11) is 0. The predicted octanol–water partition coefficient (Wildman–Crippen LogP) is 3.68. The molecule has 0 aromatic carbocycles. The fraction of sp³-hybridized carbons (Fsp3) is 0.929. The van der Waals surface area contributed by atoms with Gasteiger partial charge in [0.1, 0.15) is 5.78 Å². The SMILES string of the molecule is CCCOC1CCCCC1CC(=O)CCCF. The fourth-order valence-electron chi connectivity index (χ4n) is 2.55. The Labute approximate surface area is 104 Å². The van der Waals surface area contributed by atoms with Crippen LogP contribution >= 0.6 is 0 Å². The molecule has 0 N–H and O–H groups in total. The summed E-state index contributed by atoms with van der Waals surface area (Å²) in [6, 6.07) is 0. The Hall–Kier alpha value is -0.440. The zero-order valence-corrected chi connectivity index (χ0v) is 10.9. The highest BCUT2D eigenvalue weighted by molar-refractivity contribution is 5.78. The number of hydrogen-bond acceptors (Lipinski definition) is 2. The average Bonchev–Trinajstić information content (AvgIpc) is 2.35. The van der Waals surface area contributed by atoms with E-state index < -0.39 is 0 Å².